The molecule has 0 fully saturated rings. The summed E-state index contributed by atoms with van der Waals surface area (Å²) in [4.78, 5) is 10.8. The van der Waals surface area contributed by atoms with E-state index in [1.807, 2.05) is 36.4 Å². The maximum Gasteiger partial charge on any atom is 0.281 e. The van der Waals surface area contributed by atoms with Gasteiger partial charge in [-0.1, -0.05) is 36.4 Å². The van der Waals surface area contributed by atoms with Crippen LogP contribution in [-0.2, 0) is 7.05 Å². The second kappa shape index (κ2) is 4.20. The molecule has 0 aliphatic rings. The van der Waals surface area contributed by atoms with E-state index in [0.717, 1.165) is 11.1 Å². The Morgan fingerprint density at radius 2 is 1.84 bits per heavy atom. The first-order valence-electron chi connectivity index (χ1n) is 5.84. The van der Waals surface area contributed by atoms with Crippen LogP contribution in [0, 0.1) is 10.1 Å². The van der Waals surface area contributed by atoms with Crippen molar-refractivity contribution >= 4 is 16.6 Å². The third kappa shape index (κ3) is 1.76. The molecule has 0 spiro atoms. The molecule has 2 aromatic carbocycles. The van der Waals surface area contributed by atoms with Gasteiger partial charge in [-0.3, -0.25) is 14.8 Å². The van der Waals surface area contributed by atoms with Crippen molar-refractivity contribution < 1.29 is 4.92 Å². The average Bonchev–Trinajstić information content (AvgIpc) is 2.77. The van der Waals surface area contributed by atoms with E-state index in [-0.39, 0.29) is 10.6 Å². The number of fused-ring (bicyclic) bond motifs is 1. The second-order valence-corrected chi connectivity index (χ2v) is 4.27. The Bertz CT molecular complexity index is 763. The molecule has 5 heteroatoms. The molecule has 3 rings (SSSR count). The predicted molar refractivity (Wildman–Crippen MR) is 72.8 cm³/mol. The van der Waals surface area contributed by atoms with Gasteiger partial charge >= 0.3 is 0 Å². The highest BCUT2D eigenvalue weighted by Gasteiger charge is 2.20. The molecule has 0 amide bonds. The van der Waals surface area contributed by atoms with Crippen molar-refractivity contribution in [3.63, 3.8) is 0 Å². The zero-order valence-electron chi connectivity index (χ0n) is 10.3. The van der Waals surface area contributed by atoms with Crippen LogP contribution in [-0.4, -0.2) is 14.7 Å². The normalized spacial score (nSPS) is 10.8. The van der Waals surface area contributed by atoms with Gasteiger partial charge < -0.3 is 0 Å². The first-order valence-corrected chi connectivity index (χ1v) is 5.84. The van der Waals surface area contributed by atoms with Gasteiger partial charge in [-0.2, -0.15) is 5.10 Å². The number of aryl methyl sites for hydroxylation is 1. The van der Waals surface area contributed by atoms with Gasteiger partial charge in [0.2, 0.25) is 0 Å². The Labute approximate surface area is 109 Å². The highest BCUT2D eigenvalue weighted by Crippen LogP contribution is 2.34. The molecular weight excluding hydrogens is 242 g/mol. The molecule has 3 aromatic rings. The summed E-state index contributed by atoms with van der Waals surface area (Å²) in [6.07, 6.45) is 0. The zero-order valence-corrected chi connectivity index (χ0v) is 10.3. The number of hydrogen-bond donors (Lipinski definition) is 0. The van der Waals surface area contributed by atoms with Crippen molar-refractivity contribution in [1.82, 2.24) is 9.78 Å². The minimum absolute atomic E-state index is 0.0875. The molecule has 0 unspecified atom stereocenters. The summed E-state index contributed by atoms with van der Waals surface area (Å²) < 4.78 is 1.67. The van der Waals surface area contributed by atoms with Crippen molar-refractivity contribution in [3.8, 4) is 11.3 Å². The lowest BCUT2D eigenvalue weighted by molar-refractivity contribution is -0.383. The van der Waals surface area contributed by atoms with Crippen molar-refractivity contribution in [2.45, 2.75) is 0 Å². The van der Waals surface area contributed by atoms with Gasteiger partial charge in [0.15, 0.2) is 0 Å². The summed E-state index contributed by atoms with van der Waals surface area (Å²) in [5.74, 6) is 0. The summed E-state index contributed by atoms with van der Waals surface area (Å²) in [6.45, 7) is 0. The Morgan fingerprint density at radius 1 is 1.11 bits per heavy atom. The van der Waals surface area contributed by atoms with E-state index in [1.165, 1.54) is 6.07 Å². The molecule has 0 saturated carbocycles. The summed E-state index contributed by atoms with van der Waals surface area (Å²) in [7, 11) is 1.79. The summed E-state index contributed by atoms with van der Waals surface area (Å²) in [5, 5.41) is 16.2. The first-order chi connectivity index (χ1) is 9.18. The number of nitro groups is 1. The van der Waals surface area contributed by atoms with Crippen LogP contribution in [0.3, 0.4) is 0 Å². The molecule has 5 nitrogen and oxygen atoms in total. The third-order valence-corrected chi connectivity index (χ3v) is 3.10. The standard InChI is InChI=1S/C14H11N3O2/c1-16-11-8-5-9-12(17(18)19)13(11)14(15-16)10-6-3-2-4-7-10/h2-9H,1H3. The fourth-order valence-corrected chi connectivity index (χ4v) is 2.24. The van der Waals surface area contributed by atoms with Gasteiger partial charge in [-0.25, -0.2) is 0 Å². The fraction of sp³-hybridized carbons (Fsp3) is 0.0714. The number of aromatic nitrogens is 2. The Morgan fingerprint density at radius 3 is 2.53 bits per heavy atom. The second-order valence-electron chi connectivity index (χ2n) is 4.27. The third-order valence-electron chi connectivity index (χ3n) is 3.10. The highest BCUT2D eigenvalue weighted by atomic mass is 16.6. The molecule has 0 saturated heterocycles. The number of benzene rings is 2. The smallest absolute Gasteiger partial charge is 0.267 e. The summed E-state index contributed by atoms with van der Waals surface area (Å²) in [6, 6.07) is 14.5. The molecule has 1 aromatic heterocycles. The maximum atomic E-state index is 11.2. The predicted octanol–water partition coefficient (Wildman–Crippen LogP) is 3.15. The van der Waals surface area contributed by atoms with E-state index < -0.39 is 0 Å². The average molecular weight is 253 g/mol. The van der Waals surface area contributed by atoms with Gasteiger partial charge in [-0.05, 0) is 6.07 Å². The molecule has 0 aliphatic heterocycles. The minimum Gasteiger partial charge on any atom is -0.267 e. The van der Waals surface area contributed by atoms with Gasteiger partial charge in [0.25, 0.3) is 5.69 Å². The van der Waals surface area contributed by atoms with Gasteiger partial charge in [0, 0.05) is 18.7 Å². The molecular formula is C14H11N3O2. The number of hydrogen-bond acceptors (Lipinski definition) is 3. The van der Waals surface area contributed by atoms with Crippen LogP contribution in [0.15, 0.2) is 48.5 Å². The van der Waals surface area contributed by atoms with E-state index >= 15 is 0 Å². The molecule has 0 radical (unpaired) electrons. The zero-order chi connectivity index (χ0) is 13.4. The fourth-order valence-electron chi connectivity index (χ4n) is 2.24. The van der Waals surface area contributed by atoms with Crippen LogP contribution in [0.2, 0.25) is 0 Å². The van der Waals surface area contributed by atoms with Crippen LogP contribution in [0.1, 0.15) is 0 Å². The molecule has 19 heavy (non-hydrogen) atoms. The Hall–Kier alpha value is -2.69. The van der Waals surface area contributed by atoms with E-state index in [2.05, 4.69) is 5.10 Å². The van der Waals surface area contributed by atoms with Crippen LogP contribution in [0.5, 0.6) is 0 Å². The van der Waals surface area contributed by atoms with Crippen molar-refractivity contribution in [2.75, 3.05) is 0 Å². The first kappa shape index (κ1) is 11.4. The number of nitrogens with zero attached hydrogens (tertiary/aromatic N) is 3. The molecule has 0 atom stereocenters. The molecule has 0 bridgehead atoms. The number of rotatable bonds is 2. The van der Waals surface area contributed by atoms with Crippen LogP contribution in [0.4, 0.5) is 5.69 Å². The maximum absolute atomic E-state index is 11.2. The van der Waals surface area contributed by atoms with Crippen LogP contribution >= 0.6 is 0 Å². The van der Waals surface area contributed by atoms with E-state index in [4.69, 9.17) is 0 Å². The van der Waals surface area contributed by atoms with Crippen molar-refractivity contribution in [3.05, 3.63) is 58.6 Å². The monoisotopic (exact) mass is 253 g/mol. The highest BCUT2D eigenvalue weighted by molar-refractivity contribution is 5.99. The SMILES string of the molecule is Cn1nc(-c2ccccc2)c2c([N+](=O)[O-])cccc21. The number of nitro benzene ring substituents is 1. The van der Waals surface area contributed by atoms with Crippen LogP contribution < -0.4 is 0 Å². The molecule has 94 valence electrons. The quantitative estimate of drug-likeness (QED) is 0.520. The molecule has 1 heterocycles. The van der Waals surface area contributed by atoms with E-state index in [1.54, 1.807) is 17.8 Å². The van der Waals surface area contributed by atoms with Crippen LogP contribution in [0.25, 0.3) is 22.2 Å². The van der Waals surface area contributed by atoms with E-state index in [0.29, 0.717) is 11.1 Å². The lowest BCUT2D eigenvalue weighted by Gasteiger charge is -1.98. The van der Waals surface area contributed by atoms with Gasteiger partial charge in [-0.15, -0.1) is 0 Å². The largest absolute Gasteiger partial charge is 0.281 e. The Kier molecular flexibility index (Phi) is 2.52. The lowest BCUT2D eigenvalue weighted by atomic mass is 10.1. The van der Waals surface area contributed by atoms with Crippen molar-refractivity contribution in [2.24, 2.45) is 7.05 Å². The molecule has 0 N–H and O–H groups in total. The summed E-state index contributed by atoms with van der Waals surface area (Å²) >= 11 is 0. The lowest BCUT2D eigenvalue weighted by Crippen LogP contribution is -1.90. The number of non-ortho nitro benzene ring substituents is 1. The minimum atomic E-state index is -0.365. The Balaban J connectivity index is 2.40. The van der Waals surface area contributed by atoms with E-state index in [9.17, 15) is 10.1 Å². The van der Waals surface area contributed by atoms with Gasteiger partial charge in [0.05, 0.1) is 10.4 Å². The van der Waals surface area contributed by atoms with Crippen molar-refractivity contribution in [1.29, 1.82) is 0 Å². The molecule has 0 aliphatic carbocycles. The summed E-state index contributed by atoms with van der Waals surface area (Å²) in [5.41, 5.74) is 2.37. The van der Waals surface area contributed by atoms with Gasteiger partial charge in [0.1, 0.15) is 11.1 Å². The topological polar surface area (TPSA) is 61.0 Å².